The molecular weight excluding hydrogens is 616 g/mol. The van der Waals surface area contributed by atoms with Crippen molar-refractivity contribution < 1.29 is 38.4 Å². The fraction of sp³-hybridized carbons (Fsp3) is 0.417. The Morgan fingerprint density at radius 2 is 1.29 bits per heavy atom. The van der Waals surface area contributed by atoms with Gasteiger partial charge in [0, 0.05) is 5.57 Å². The highest BCUT2D eigenvalue weighted by Crippen LogP contribution is 2.34. The number of allylic oxidation sites excluding steroid dienone is 3. The highest BCUT2D eigenvalue weighted by Gasteiger charge is 2.22. The standard InChI is InChI=1S/C36H48N4O8/c1-45-32-21-23(13-16-30(32)47-35(43)27(39)10-3-5-18-37)12-15-29(41)26-9-7-8-25(34(26)42)20-24-14-17-31(33(22-24)46-2)48-36(44)28(40)11-4-6-19-38/h12-17,20-22,27-28,42H,3-11,18-19,37-40H2,1-2H3/b15-12+,25-20+. The summed E-state index contributed by atoms with van der Waals surface area (Å²) in [5, 5.41) is 11.1. The average Bonchev–Trinajstić information content (AvgIpc) is 3.09. The highest BCUT2D eigenvalue weighted by atomic mass is 16.6. The molecule has 0 amide bonds. The number of hydrogen-bond acceptors (Lipinski definition) is 12. The fourth-order valence-corrected chi connectivity index (χ4v) is 5.09. The summed E-state index contributed by atoms with van der Waals surface area (Å²) in [7, 11) is 2.91. The first-order valence-corrected chi connectivity index (χ1v) is 16.2. The van der Waals surface area contributed by atoms with Crippen LogP contribution in [0.25, 0.3) is 12.2 Å². The van der Waals surface area contributed by atoms with Crippen molar-refractivity contribution >= 4 is 29.9 Å². The molecule has 0 heterocycles. The SMILES string of the molecule is COc1cc(/C=C/C(=O)C2=C(O)/C(=C/c3ccc(OC(=O)C(N)CCCCN)c(OC)c3)CCC2)ccc1OC(=O)C(N)CCCCN. The quantitative estimate of drug-likeness (QED) is 0.0660. The Balaban J connectivity index is 1.71. The Hall–Kier alpha value is -4.49. The third-order valence-electron chi connectivity index (χ3n) is 7.87. The van der Waals surface area contributed by atoms with Gasteiger partial charge in [-0.3, -0.25) is 4.79 Å². The van der Waals surface area contributed by atoms with Crippen LogP contribution in [0.2, 0.25) is 0 Å². The molecule has 2 aromatic rings. The minimum Gasteiger partial charge on any atom is -0.507 e. The van der Waals surface area contributed by atoms with E-state index in [9.17, 15) is 19.5 Å². The summed E-state index contributed by atoms with van der Waals surface area (Å²) in [6.07, 6.45) is 10.3. The van der Waals surface area contributed by atoms with Gasteiger partial charge < -0.3 is 47.0 Å². The molecule has 2 unspecified atom stereocenters. The van der Waals surface area contributed by atoms with E-state index in [2.05, 4.69) is 0 Å². The van der Waals surface area contributed by atoms with E-state index in [0.717, 1.165) is 25.7 Å². The second kappa shape index (κ2) is 19.4. The lowest BCUT2D eigenvalue weighted by Gasteiger charge is -2.18. The summed E-state index contributed by atoms with van der Waals surface area (Å²) in [6.45, 7) is 1.06. The molecule has 12 heteroatoms. The van der Waals surface area contributed by atoms with Crippen LogP contribution in [0.4, 0.5) is 0 Å². The minimum absolute atomic E-state index is 0.0727. The first-order chi connectivity index (χ1) is 23.1. The zero-order chi connectivity index (χ0) is 35.1. The second-order valence-electron chi connectivity index (χ2n) is 11.5. The van der Waals surface area contributed by atoms with Crippen LogP contribution in [0.5, 0.6) is 23.0 Å². The Labute approximate surface area is 281 Å². The molecule has 2 atom stereocenters. The number of carbonyl (C=O) groups excluding carboxylic acids is 3. The number of nitrogens with two attached hydrogens (primary N) is 4. The number of rotatable bonds is 18. The van der Waals surface area contributed by atoms with Crippen molar-refractivity contribution in [2.45, 2.75) is 69.9 Å². The first-order valence-electron chi connectivity index (χ1n) is 16.2. The van der Waals surface area contributed by atoms with Crippen molar-refractivity contribution in [1.29, 1.82) is 0 Å². The number of ether oxygens (including phenoxy) is 4. The van der Waals surface area contributed by atoms with Gasteiger partial charge in [-0.25, -0.2) is 9.59 Å². The number of benzene rings is 2. The molecule has 260 valence electrons. The van der Waals surface area contributed by atoms with Gasteiger partial charge in [0.05, 0.1) is 14.2 Å². The van der Waals surface area contributed by atoms with Crippen LogP contribution in [0.3, 0.4) is 0 Å². The van der Waals surface area contributed by atoms with Crippen molar-refractivity contribution in [2.24, 2.45) is 22.9 Å². The molecule has 0 aromatic heterocycles. The van der Waals surface area contributed by atoms with E-state index in [0.29, 0.717) is 79.0 Å². The average molecular weight is 665 g/mol. The molecule has 48 heavy (non-hydrogen) atoms. The highest BCUT2D eigenvalue weighted by molar-refractivity contribution is 6.07. The van der Waals surface area contributed by atoms with Gasteiger partial charge >= 0.3 is 11.9 Å². The lowest BCUT2D eigenvalue weighted by atomic mass is 9.89. The Morgan fingerprint density at radius 3 is 1.81 bits per heavy atom. The number of aliphatic hydroxyl groups is 1. The molecule has 0 aliphatic heterocycles. The Kier molecular flexibility index (Phi) is 15.3. The van der Waals surface area contributed by atoms with Crippen molar-refractivity contribution in [2.75, 3.05) is 27.3 Å². The molecule has 0 spiro atoms. The zero-order valence-corrected chi connectivity index (χ0v) is 27.7. The molecule has 0 radical (unpaired) electrons. The summed E-state index contributed by atoms with van der Waals surface area (Å²) in [5.41, 5.74) is 25.1. The maximum Gasteiger partial charge on any atom is 0.328 e. The summed E-state index contributed by atoms with van der Waals surface area (Å²) >= 11 is 0. The smallest absolute Gasteiger partial charge is 0.328 e. The number of carbonyl (C=O) groups is 3. The maximum atomic E-state index is 13.2. The van der Waals surface area contributed by atoms with Gasteiger partial charge in [-0.2, -0.15) is 0 Å². The van der Waals surface area contributed by atoms with Gasteiger partial charge in [0.25, 0.3) is 0 Å². The van der Waals surface area contributed by atoms with Gasteiger partial charge in [0.15, 0.2) is 28.8 Å². The normalized spacial score (nSPS) is 15.3. The molecule has 9 N–H and O–H groups in total. The third kappa shape index (κ3) is 11.1. The molecule has 0 fully saturated rings. The first kappa shape index (κ1) is 38.0. The lowest BCUT2D eigenvalue weighted by molar-refractivity contribution is -0.137. The van der Waals surface area contributed by atoms with Crippen LogP contribution >= 0.6 is 0 Å². The number of ketones is 1. The van der Waals surface area contributed by atoms with E-state index in [1.165, 1.54) is 20.3 Å². The van der Waals surface area contributed by atoms with Crippen molar-refractivity contribution in [3.05, 3.63) is 70.5 Å². The molecule has 0 saturated carbocycles. The molecule has 1 aliphatic carbocycles. The lowest BCUT2D eigenvalue weighted by Crippen LogP contribution is -2.34. The van der Waals surface area contributed by atoms with Crippen LogP contribution in [0, 0.1) is 0 Å². The number of methoxy groups -OCH3 is 2. The van der Waals surface area contributed by atoms with Gasteiger partial charge in [-0.15, -0.1) is 0 Å². The number of hydrogen-bond donors (Lipinski definition) is 5. The zero-order valence-electron chi connectivity index (χ0n) is 27.7. The number of unbranched alkanes of at least 4 members (excludes halogenated alkanes) is 2. The largest absolute Gasteiger partial charge is 0.507 e. The summed E-state index contributed by atoms with van der Waals surface area (Å²) in [4.78, 5) is 38.0. The van der Waals surface area contributed by atoms with Gasteiger partial charge in [-0.1, -0.05) is 31.1 Å². The molecule has 1 aliphatic rings. The summed E-state index contributed by atoms with van der Waals surface area (Å²) in [6, 6.07) is 8.35. The number of esters is 2. The summed E-state index contributed by atoms with van der Waals surface area (Å²) < 4.78 is 21.8. The van der Waals surface area contributed by atoms with Crippen molar-refractivity contribution in [3.8, 4) is 23.0 Å². The topological polar surface area (TPSA) is 212 Å². The monoisotopic (exact) mass is 664 g/mol. The Bertz CT molecular complexity index is 1520. The second-order valence-corrected chi connectivity index (χ2v) is 11.5. The molecular formula is C36H48N4O8. The van der Waals surface area contributed by atoms with Crippen LogP contribution < -0.4 is 41.9 Å². The van der Waals surface area contributed by atoms with Gasteiger partial charge in [0.2, 0.25) is 0 Å². The summed E-state index contributed by atoms with van der Waals surface area (Å²) in [5.74, 6) is -0.464. The molecule has 3 rings (SSSR count). The van der Waals surface area contributed by atoms with Crippen LogP contribution in [0.15, 0.2) is 59.4 Å². The minimum atomic E-state index is -0.777. The van der Waals surface area contributed by atoms with Crippen LogP contribution in [-0.2, 0) is 14.4 Å². The molecule has 2 aromatic carbocycles. The van der Waals surface area contributed by atoms with Crippen molar-refractivity contribution in [1.82, 2.24) is 0 Å². The molecule has 0 saturated heterocycles. The molecule has 12 nitrogen and oxygen atoms in total. The fourth-order valence-electron chi connectivity index (χ4n) is 5.09. The van der Waals surface area contributed by atoms with E-state index < -0.39 is 24.0 Å². The van der Waals surface area contributed by atoms with E-state index in [-0.39, 0.29) is 23.0 Å². The van der Waals surface area contributed by atoms with Crippen LogP contribution in [0.1, 0.15) is 68.9 Å². The van der Waals surface area contributed by atoms with Crippen LogP contribution in [-0.4, -0.2) is 62.2 Å². The predicted octanol–water partition coefficient (Wildman–Crippen LogP) is 4.09. The number of aliphatic hydroxyl groups excluding tert-OH is 1. The van der Waals surface area contributed by atoms with E-state index in [1.807, 2.05) is 0 Å². The Morgan fingerprint density at radius 1 is 0.771 bits per heavy atom. The maximum absolute atomic E-state index is 13.2. The van der Waals surface area contributed by atoms with E-state index in [1.54, 1.807) is 48.6 Å². The van der Waals surface area contributed by atoms with E-state index in [4.69, 9.17) is 41.9 Å². The third-order valence-corrected chi connectivity index (χ3v) is 7.87. The van der Waals surface area contributed by atoms with Gasteiger partial charge in [0.1, 0.15) is 17.8 Å². The van der Waals surface area contributed by atoms with Gasteiger partial charge in [-0.05, 0) is 111 Å². The van der Waals surface area contributed by atoms with Crippen molar-refractivity contribution in [3.63, 3.8) is 0 Å². The van der Waals surface area contributed by atoms with E-state index >= 15 is 0 Å². The molecule has 0 bridgehead atoms. The predicted molar refractivity (Wildman–Crippen MR) is 185 cm³/mol.